The van der Waals surface area contributed by atoms with Gasteiger partial charge in [-0.05, 0) is 37.8 Å². The maximum Gasteiger partial charge on any atom is 0.160 e. The first kappa shape index (κ1) is 13.7. The molecule has 1 heterocycles. The lowest BCUT2D eigenvalue weighted by molar-refractivity contribution is 0.460. The lowest BCUT2D eigenvalue weighted by Crippen LogP contribution is -2.03. The van der Waals surface area contributed by atoms with Gasteiger partial charge in [0.15, 0.2) is 5.75 Å². The summed E-state index contributed by atoms with van der Waals surface area (Å²) in [6.45, 7) is 6.27. The molecule has 2 aromatic rings. The lowest BCUT2D eigenvalue weighted by Gasteiger charge is -2.08. The first-order chi connectivity index (χ1) is 9.19. The molecule has 19 heavy (non-hydrogen) atoms. The quantitative estimate of drug-likeness (QED) is 0.886. The normalized spacial score (nSPS) is 10.9. The van der Waals surface area contributed by atoms with Crippen LogP contribution in [0.3, 0.4) is 0 Å². The topological polar surface area (TPSA) is 38.0 Å². The maximum absolute atomic E-state index is 10.3. The molecule has 0 fully saturated rings. The number of aryl methyl sites for hydroxylation is 2. The zero-order chi connectivity index (χ0) is 13.8. The van der Waals surface area contributed by atoms with E-state index in [0.717, 1.165) is 42.8 Å². The lowest BCUT2D eigenvalue weighted by atomic mass is 10.1. The van der Waals surface area contributed by atoms with Crippen LogP contribution in [0.4, 0.5) is 0 Å². The monoisotopic (exact) mass is 258 g/mol. The Morgan fingerprint density at radius 1 is 1.21 bits per heavy atom. The van der Waals surface area contributed by atoms with E-state index in [-0.39, 0.29) is 0 Å². The third-order valence-corrected chi connectivity index (χ3v) is 3.47. The Morgan fingerprint density at radius 2 is 1.95 bits per heavy atom. The van der Waals surface area contributed by atoms with E-state index in [9.17, 15) is 5.11 Å². The summed E-state index contributed by atoms with van der Waals surface area (Å²) < 4.78 is 1.90. The standard InChI is InChI=1S/C16H22N2O/c1-4-6-10-13-16(19)14(5-2)18(17-13)15-11-8-7-9-12(15)3/h7-9,11,19H,4-6,10H2,1-3H3. The van der Waals surface area contributed by atoms with Crippen LogP contribution in [-0.4, -0.2) is 14.9 Å². The number of unbranched alkanes of at least 4 members (excludes halogenated alkanes) is 1. The SMILES string of the molecule is CCCCc1nn(-c2ccccc2C)c(CC)c1O. The fraction of sp³-hybridized carbons (Fsp3) is 0.438. The van der Waals surface area contributed by atoms with Crippen molar-refractivity contribution in [3.05, 3.63) is 41.2 Å². The highest BCUT2D eigenvalue weighted by molar-refractivity contribution is 5.45. The molecule has 0 aliphatic heterocycles. The molecule has 0 atom stereocenters. The third-order valence-electron chi connectivity index (χ3n) is 3.47. The highest BCUT2D eigenvalue weighted by atomic mass is 16.3. The first-order valence-electron chi connectivity index (χ1n) is 7.04. The maximum atomic E-state index is 10.3. The Hall–Kier alpha value is -1.77. The van der Waals surface area contributed by atoms with Crippen molar-refractivity contribution in [1.82, 2.24) is 9.78 Å². The van der Waals surface area contributed by atoms with Crippen LogP contribution in [0.1, 0.15) is 43.6 Å². The summed E-state index contributed by atoms with van der Waals surface area (Å²) in [5.74, 6) is 0.374. The number of aromatic hydroxyl groups is 1. The molecule has 1 aromatic carbocycles. The minimum Gasteiger partial charge on any atom is -0.504 e. The second-order valence-corrected chi connectivity index (χ2v) is 4.90. The van der Waals surface area contributed by atoms with Crippen LogP contribution >= 0.6 is 0 Å². The number of aromatic nitrogens is 2. The summed E-state index contributed by atoms with van der Waals surface area (Å²) >= 11 is 0. The predicted molar refractivity (Wildman–Crippen MR) is 78.0 cm³/mol. The van der Waals surface area contributed by atoms with Gasteiger partial charge in [0.25, 0.3) is 0 Å². The first-order valence-corrected chi connectivity index (χ1v) is 7.04. The molecule has 3 heteroatoms. The van der Waals surface area contributed by atoms with Crippen molar-refractivity contribution < 1.29 is 5.11 Å². The van der Waals surface area contributed by atoms with Crippen molar-refractivity contribution in [2.45, 2.75) is 46.5 Å². The van der Waals surface area contributed by atoms with Gasteiger partial charge in [0.05, 0.1) is 11.4 Å². The van der Waals surface area contributed by atoms with Gasteiger partial charge >= 0.3 is 0 Å². The van der Waals surface area contributed by atoms with Crippen LogP contribution in [0, 0.1) is 6.92 Å². The Labute approximate surface area is 114 Å². The van der Waals surface area contributed by atoms with Gasteiger partial charge in [-0.25, -0.2) is 4.68 Å². The zero-order valence-corrected chi connectivity index (χ0v) is 12.0. The second-order valence-electron chi connectivity index (χ2n) is 4.90. The molecule has 3 nitrogen and oxygen atoms in total. The van der Waals surface area contributed by atoms with Crippen LogP contribution < -0.4 is 0 Å². The number of hydrogen-bond donors (Lipinski definition) is 1. The summed E-state index contributed by atoms with van der Waals surface area (Å²) in [6.07, 6.45) is 3.78. The van der Waals surface area contributed by atoms with Gasteiger partial charge in [0.2, 0.25) is 0 Å². The summed E-state index contributed by atoms with van der Waals surface area (Å²) in [7, 11) is 0. The van der Waals surface area contributed by atoms with Crippen molar-refractivity contribution in [3.8, 4) is 11.4 Å². The van der Waals surface area contributed by atoms with Gasteiger partial charge in [0.1, 0.15) is 5.69 Å². The highest BCUT2D eigenvalue weighted by Gasteiger charge is 2.17. The Balaban J connectivity index is 2.48. The molecule has 0 saturated heterocycles. The minimum atomic E-state index is 0.374. The van der Waals surface area contributed by atoms with E-state index in [1.807, 2.05) is 22.9 Å². The molecule has 102 valence electrons. The number of hydrogen-bond acceptors (Lipinski definition) is 2. The number of rotatable bonds is 5. The van der Waals surface area contributed by atoms with E-state index in [4.69, 9.17) is 0 Å². The average molecular weight is 258 g/mol. The molecule has 1 N–H and O–H groups in total. The third kappa shape index (κ3) is 2.65. The molecule has 0 saturated carbocycles. The predicted octanol–water partition coefficient (Wildman–Crippen LogP) is 3.79. The van der Waals surface area contributed by atoms with E-state index < -0.39 is 0 Å². The van der Waals surface area contributed by atoms with Crippen LogP contribution in [0.2, 0.25) is 0 Å². The molecule has 0 bridgehead atoms. The van der Waals surface area contributed by atoms with Crippen molar-refractivity contribution in [2.75, 3.05) is 0 Å². The van der Waals surface area contributed by atoms with Crippen molar-refractivity contribution in [2.24, 2.45) is 0 Å². The van der Waals surface area contributed by atoms with Crippen molar-refractivity contribution in [3.63, 3.8) is 0 Å². The molecule has 0 aliphatic carbocycles. The van der Waals surface area contributed by atoms with E-state index in [2.05, 4.69) is 31.9 Å². The second kappa shape index (κ2) is 5.91. The van der Waals surface area contributed by atoms with Crippen molar-refractivity contribution >= 4 is 0 Å². The van der Waals surface area contributed by atoms with E-state index in [1.165, 1.54) is 5.56 Å². The summed E-state index contributed by atoms with van der Waals surface area (Å²) in [6, 6.07) is 8.14. The summed E-state index contributed by atoms with van der Waals surface area (Å²) in [4.78, 5) is 0. The number of para-hydroxylation sites is 1. The molecule has 0 radical (unpaired) electrons. The van der Waals surface area contributed by atoms with Gasteiger partial charge in [0, 0.05) is 0 Å². The van der Waals surface area contributed by atoms with Gasteiger partial charge in [-0.15, -0.1) is 0 Å². The Bertz CT molecular complexity index is 558. The van der Waals surface area contributed by atoms with Crippen LogP contribution in [0.25, 0.3) is 5.69 Å². The molecular formula is C16H22N2O. The fourth-order valence-electron chi connectivity index (χ4n) is 2.33. The highest BCUT2D eigenvalue weighted by Crippen LogP contribution is 2.27. The van der Waals surface area contributed by atoms with Crippen LogP contribution in [-0.2, 0) is 12.8 Å². The molecule has 0 aliphatic rings. The molecule has 1 aromatic heterocycles. The fourth-order valence-corrected chi connectivity index (χ4v) is 2.33. The number of benzene rings is 1. The summed E-state index contributed by atoms with van der Waals surface area (Å²) in [5.41, 5.74) is 3.95. The van der Waals surface area contributed by atoms with Gasteiger partial charge < -0.3 is 5.11 Å². The van der Waals surface area contributed by atoms with Crippen LogP contribution in [0.15, 0.2) is 24.3 Å². The number of nitrogens with zero attached hydrogens (tertiary/aromatic N) is 2. The van der Waals surface area contributed by atoms with E-state index in [0.29, 0.717) is 5.75 Å². The molecular weight excluding hydrogens is 236 g/mol. The largest absolute Gasteiger partial charge is 0.504 e. The Morgan fingerprint density at radius 3 is 2.58 bits per heavy atom. The van der Waals surface area contributed by atoms with Crippen molar-refractivity contribution in [1.29, 1.82) is 0 Å². The van der Waals surface area contributed by atoms with Gasteiger partial charge in [-0.3, -0.25) is 0 Å². The molecule has 0 spiro atoms. The van der Waals surface area contributed by atoms with E-state index in [1.54, 1.807) is 0 Å². The molecule has 2 rings (SSSR count). The zero-order valence-electron chi connectivity index (χ0n) is 12.0. The smallest absolute Gasteiger partial charge is 0.160 e. The molecule has 0 amide bonds. The Kier molecular flexibility index (Phi) is 4.25. The van der Waals surface area contributed by atoms with E-state index >= 15 is 0 Å². The van der Waals surface area contributed by atoms with Crippen LogP contribution in [0.5, 0.6) is 5.75 Å². The van der Waals surface area contributed by atoms with Gasteiger partial charge in [-0.1, -0.05) is 38.5 Å². The molecule has 0 unspecified atom stereocenters. The minimum absolute atomic E-state index is 0.374. The van der Waals surface area contributed by atoms with Gasteiger partial charge in [-0.2, -0.15) is 5.10 Å². The average Bonchev–Trinajstić information content (AvgIpc) is 2.73. The summed E-state index contributed by atoms with van der Waals surface area (Å²) in [5, 5.41) is 14.9.